The van der Waals surface area contributed by atoms with Gasteiger partial charge in [-0.15, -0.1) is 0 Å². The van der Waals surface area contributed by atoms with E-state index in [1.807, 2.05) is 13.0 Å². The average molecular weight is 336 g/mol. The zero-order valence-corrected chi connectivity index (χ0v) is 12.0. The minimum atomic E-state index is -0.512. The number of nitrogens with zero attached hydrogens (tertiary/aromatic N) is 2. The number of pyridine rings is 1. The monoisotopic (exact) mass is 335 g/mol. The maximum absolute atomic E-state index is 12.0. The van der Waals surface area contributed by atoms with Crippen molar-refractivity contribution in [3.05, 3.63) is 62.2 Å². The van der Waals surface area contributed by atoms with Crippen LogP contribution in [0.3, 0.4) is 0 Å². The molecule has 1 heterocycles. The molecule has 0 radical (unpaired) electrons. The molecular weight excluding hydrogens is 326 g/mol. The number of non-ortho nitro benzene ring substituents is 1. The van der Waals surface area contributed by atoms with Gasteiger partial charge in [0.2, 0.25) is 0 Å². The summed E-state index contributed by atoms with van der Waals surface area (Å²) in [6.07, 6.45) is 1.58. The molecule has 7 heteroatoms. The third-order valence-electron chi connectivity index (χ3n) is 2.62. The van der Waals surface area contributed by atoms with Crippen LogP contribution in [0.25, 0.3) is 0 Å². The van der Waals surface area contributed by atoms with Crippen molar-refractivity contribution >= 4 is 33.3 Å². The van der Waals surface area contributed by atoms with Gasteiger partial charge in [-0.1, -0.05) is 0 Å². The number of halogens is 1. The predicted octanol–water partition coefficient (Wildman–Crippen LogP) is 3.31. The van der Waals surface area contributed by atoms with Crippen molar-refractivity contribution in [1.82, 2.24) is 4.98 Å². The topological polar surface area (TPSA) is 85.1 Å². The van der Waals surface area contributed by atoms with E-state index in [2.05, 4.69) is 26.2 Å². The van der Waals surface area contributed by atoms with Crippen LogP contribution < -0.4 is 5.32 Å². The van der Waals surface area contributed by atoms with Gasteiger partial charge >= 0.3 is 0 Å². The van der Waals surface area contributed by atoms with Crippen molar-refractivity contribution in [3.8, 4) is 0 Å². The molecule has 0 fully saturated rings. The van der Waals surface area contributed by atoms with E-state index in [1.54, 1.807) is 6.20 Å². The molecule has 1 amide bonds. The molecule has 0 saturated heterocycles. The highest BCUT2D eigenvalue weighted by molar-refractivity contribution is 9.10. The quantitative estimate of drug-likeness (QED) is 0.688. The van der Waals surface area contributed by atoms with Gasteiger partial charge in [-0.3, -0.25) is 14.9 Å². The summed E-state index contributed by atoms with van der Waals surface area (Å²) < 4.78 is 0.823. The van der Waals surface area contributed by atoms with Crippen LogP contribution >= 0.6 is 15.9 Å². The maximum atomic E-state index is 12.0. The Morgan fingerprint density at radius 1 is 1.35 bits per heavy atom. The summed E-state index contributed by atoms with van der Waals surface area (Å²) in [5, 5.41) is 13.2. The molecule has 0 aliphatic heterocycles. The minimum Gasteiger partial charge on any atom is -0.306 e. The Labute approximate surface area is 123 Å². The summed E-state index contributed by atoms with van der Waals surface area (Å²) in [4.78, 5) is 26.1. The fraction of sp³-hybridized carbons (Fsp3) is 0.0769. The molecule has 0 aliphatic rings. The Hall–Kier alpha value is -2.28. The van der Waals surface area contributed by atoms with E-state index < -0.39 is 4.92 Å². The Morgan fingerprint density at radius 3 is 2.55 bits per heavy atom. The maximum Gasteiger partial charge on any atom is 0.269 e. The number of nitro groups is 1. The Bertz CT molecular complexity index is 671. The lowest BCUT2D eigenvalue weighted by molar-refractivity contribution is -0.384. The molecule has 0 unspecified atom stereocenters. The SMILES string of the molecule is Cc1cc(Br)cnc1NC(=O)c1ccc([N+](=O)[O-])cc1. The Kier molecular flexibility index (Phi) is 4.09. The van der Waals surface area contributed by atoms with E-state index in [9.17, 15) is 14.9 Å². The first-order valence-corrected chi connectivity index (χ1v) is 6.44. The highest BCUT2D eigenvalue weighted by atomic mass is 79.9. The van der Waals surface area contributed by atoms with Crippen molar-refractivity contribution < 1.29 is 9.72 Å². The number of hydrogen-bond acceptors (Lipinski definition) is 4. The van der Waals surface area contributed by atoms with Gasteiger partial charge in [0, 0.05) is 28.4 Å². The van der Waals surface area contributed by atoms with Crippen molar-refractivity contribution in [3.63, 3.8) is 0 Å². The van der Waals surface area contributed by atoms with Gasteiger partial charge < -0.3 is 5.32 Å². The van der Waals surface area contributed by atoms with Crippen molar-refractivity contribution in [1.29, 1.82) is 0 Å². The van der Waals surface area contributed by atoms with Crippen LogP contribution in [0.4, 0.5) is 11.5 Å². The van der Waals surface area contributed by atoms with E-state index in [-0.39, 0.29) is 11.6 Å². The van der Waals surface area contributed by atoms with Gasteiger partial charge in [0.15, 0.2) is 0 Å². The van der Waals surface area contributed by atoms with Crippen LogP contribution in [0.2, 0.25) is 0 Å². The van der Waals surface area contributed by atoms with Crippen molar-refractivity contribution in [2.45, 2.75) is 6.92 Å². The van der Waals surface area contributed by atoms with Crippen LogP contribution in [-0.4, -0.2) is 15.8 Å². The molecule has 1 N–H and O–H groups in total. The van der Waals surface area contributed by atoms with Crippen molar-refractivity contribution in [2.75, 3.05) is 5.32 Å². The molecule has 1 aromatic heterocycles. The number of aromatic nitrogens is 1. The lowest BCUT2D eigenvalue weighted by atomic mass is 10.2. The first kappa shape index (κ1) is 14.1. The molecule has 0 bridgehead atoms. The third-order valence-corrected chi connectivity index (χ3v) is 3.05. The van der Waals surface area contributed by atoms with Crippen LogP contribution in [-0.2, 0) is 0 Å². The number of carbonyl (C=O) groups excluding carboxylic acids is 1. The lowest BCUT2D eigenvalue weighted by Crippen LogP contribution is -2.13. The number of nitrogens with one attached hydrogen (secondary N) is 1. The van der Waals surface area contributed by atoms with E-state index in [0.717, 1.165) is 10.0 Å². The molecule has 0 atom stereocenters. The second-order valence-electron chi connectivity index (χ2n) is 4.08. The smallest absolute Gasteiger partial charge is 0.269 e. The number of amides is 1. The molecule has 1 aromatic carbocycles. The standard InChI is InChI=1S/C13H10BrN3O3/c1-8-6-10(14)7-15-12(8)16-13(18)9-2-4-11(5-3-9)17(19)20/h2-7H,1H3,(H,15,16,18). The number of aryl methyl sites for hydroxylation is 1. The summed E-state index contributed by atoms with van der Waals surface area (Å²) in [7, 11) is 0. The van der Waals surface area contributed by atoms with Gasteiger partial charge in [-0.2, -0.15) is 0 Å². The molecule has 0 aliphatic carbocycles. The van der Waals surface area contributed by atoms with Gasteiger partial charge in [0.25, 0.3) is 11.6 Å². The summed E-state index contributed by atoms with van der Waals surface area (Å²) >= 11 is 3.29. The third kappa shape index (κ3) is 3.18. The molecular formula is C13H10BrN3O3. The molecule has 2 aromatic rings. The lowest BCUT2D eigenvalue weighted by Gasteiger charge is -2.07. The number of nitro benzene ring substituents is 1. The number of rotatable bonds is 3. The molecule has 0 spiro atoms. The summed E-state index contributed by atoms with van der Waals surface area (Å²) in [6.45, 7) is 1.82. The van der Waals surface area contributed by atoms with Gasteiger partial charge in [0.1, 0.15) is 5.82 Å². The average Bonchev–Trinajstić information content (AvgIpc) is 2.42. The summed E-state index contributed by atoms with van der Waals surface area (Å²) in [5.41, 5.74) is 1.09. The van der Waals surface area contributed by atoms with Gasteiger partial charge in [0.05, 0.1) is 4.92 Å². The minimum absolute atomic E-state index is 0.0560. The normalized spacial score (nSPS) is 10.1. The van der Waals surface area contributed by atoms with E-state index in [0.29, 0.717) is 11.4 Å². The fourth-order valence-corrected chi connectivity index (χ4v) is 2.03. The second-order valence-corrected chi connectivity index (χ2v) is 4.99. The summed E-state index contributed by atoms with van der Waals surface area (Å²) in [6, 6.07) is 7.22. The van der Waals surface area contributed by atoms with Gasteiger partial charge in [-0.25, -0.2) is 4.98 Å². The predicted molar refractivity (Wildman–Crippen MR) is 77.7 cm³/mol. The van der Waals surface area contributed by atoms with Crippen LogP contribution in [0, 0.1) is 17.0 Å². The molecule has 2 rings (SSSR count). The molecule has 20 heavy (non-hydrogen) atoms. The highest BCUT2D eigenvalue weighted by Gasteiger charge is 2.11. The van der Waals surface area contributed by atoms with Crippen LogP contribution in [0.5, 0.6) is 0 Å². The number of benzene rings is 1. The zero-order chi connectivity index (χ0) is 14.7. The molecule has 6 nitrogen and oxygen atoms in total. The van der Waals surface area contributed by atoms with Crippen LogP contribution in [0.15, 0.2) is 41.0 Å². The fourth-order valence-electron chi connectivity index (χ4n) is 1.59. The number of anilines is 1. The largest absolute Gasteiger partial charge is 0.306 e. The number of hydrogen-bond donors (Lipinski definition) is 1. The zero-order valence-electron chi connectivity index (χ0n) is 10.5. The highest BCUT2D eigenvalue weighted by Crippen LogP contribution is 2.18. The molecule has 102 valence electrons. The van der Waals surface area contributed by atoms with Crippen LogP contribution in [0.1, 0.15) is 15.9 Å². The van der Waals surface area contributed by atoms with E-state index in [4.69, 9.17) is 0 Å². The Morgan fingerprint density at radius 2 is 2.00 bits per heavy atom. The Balaban J connectivity index is 2.17. The van der Waals surface area contributed by atoms with Crippen molar-refractivity contribution in [2.24, 2.45) is 0 Å². The summed E-state index contributed by atoms with van der Waals surface area (Å²) in [5.74, 6) is 0.0920. The van der Waals surface area contributed by atoms with Gasteiger partial charge in [-0.05, 0) is 46.6 Å². The molecule has 0 saturated carbocycles. The van der Waals surface area contributed by atoms with E-state index in [1.165, 1.54) is 24.3 Å². The van der Waals surface area contributed by atoms with E-state index >= 15 is 0 Å². The number of carbonyl (C=O) groups is 1. The first-order valence-electron chi connectivity index (χ1n) is 5.65. The first-order chi connectivity index (χ1) is 9.47. The second kappa shape index (κ2) is 5.79.